The van der Waals surface area contributed by atoms with Crippen molar-refractivity contribution in [1.82, 2.24) is 24.3 Å². The first kappa shape index (κ1) is 39.6. The van der Waals surface area contributed by atoms with E-state index in [2.05, 4.69) is 98.2 Å². The molecule has 9 nitrogen and oxygen atoms in total. The maximum absolute atomic E-state index is 12.8. The summed E-state index contributed by atoms with van der Waals surface area (Å²) in [6.45, 7) is 13.1. The molecule has 0 bridgehead atoms. The Kier molecular flexibility index (Phi) is 11.7. The number of carbonyl (C=O) groups is 1. The lowest BCUT2D eigenvalue weighted by Crippen LogP contribution is -2.42. The molecular formula is C51H54N6O3. The molecule has 0 saturated carbocycles. The van der Waals surface area contributed by atoms with E-state index in [4.69, 9.17) is 15.9 Å². The number of rotatable bonds is 14. The zero-order valence-corrected chi connectivity index (χ0v) is 34.5. The van der Waals surface area contributed by atoms with E-state index in [1.165, 1.54) is 39.4 Å². The molecule has 0 spiro atoms. The lowest BCUT2D eigenvalue weighted by molar-refractivity contribution is 0.0974. The molecule has 9 heteroatoms. The summed E-state index contributed by atoms with van der Waals surface area (Å²) in [5.41, 5.74) is 10.2. The van der Waals surface area contributed by atoms with Crippen molar-refractivity contribution in [3.8, 4) is 40.5 Å². The average Bonchev–Trinajstić information content (AvgIpc) is 3.95. The van der Waals surface area contributed by atoms with E-state index in [1.807, 2.05) is 49.5 Å². The van der Waals surface area contributed by atoms with Crippen LogP contribution in [-0.2, 0) is 17.8 Å². The SMILES string of the molecule is C#CCN1CCC(NCc2ccc3c(c2)cc(-c2ccc(CN4CCC(Nc5ccc6c(c5)c(-c5ccc(O/C=C/C)cc5)cn6C(=O)C=C)CC4)cc2)n3C2CO2)CC1. The van der Waals surface area contributed by atoms with Crippen LogP contribution in [0.15, 0.2) is 122 Å². The number of piperidine rings is 2. The second-order valence-corrected chi connectivity index (χ2v) is 16.4. The highest BCUT2D eigenvalue weighted by Gasteiger charge is 2.29. The number of nitrogens with zero attached hydrogens (tertiary/aromatic N) is 4. The van der Waals surface area contributed by atoms with Crippen molar-refractivity contribution in [2.45, 2.75) is 64.0 Å². The Hall–Kier alpha value is -5.89. The van der Waals surface area contributed by atoms with Crippen LogP contribution >= 0.6 is 0 Å². The van der Waals surface area contributed by atoms with E-state index >= 15 is 0 Å². The van der Waals surface area contributed by atoms with Crippen LogP contribution in [0.1, 0.15) is 54.8 Å². The molecule has 1 unspecified atom stereocenters. The average molecular weight is 799 g/mol. The Balaban J connectivity index is 0.822. The van der Waals surface area contributed by atoms with Crippen LogP contribution in [0.25, 0.3) is 44.2 Å². The Bertz CT molecular complexity index is 2540. The molecule has 3 fully saturated rings. The summed E-state index contributed by atoms with van der Waals surface area (Å²) < 4.78 is 15.5. The van der Waals surface area contributed by atoms with Gasteiger partial charge in [-0.1, -0.05) is 61.0 Å². The van der Waals surface area contributed by atoms with Crippen molar-refractivity contribution >= 4 is 33.4 Å². The third kappa shape index (κ3) is 8.70. The Morgan fingerprint density at radius 2 is 1.57 bits per heavy atom. The fourth-order valence-corrected chi connectivity index (χ4v) is 9.01. The maximum atomic E-state index is 12.8. The molecule has 60 heavy (non-hydrogen) atoms. The monoisotopic (exact) mass is 798 g/mol. The van der Waals surface area contributed by atoms with Gasteiger partial charge in [0.2, 0.25) is 0 Å². The topological polar surface area (TPSA) is 79.2 Å². The van der Waals surface area contributed by atoms with Crippen molar-refractivity contribution in [2.24, 2.45) is 0 Å². The fourth-order valence-electron chi connectivity index (χ4n) is 9.01. The molecule has 306 valence electrons. The standard InChI is InChI=1S/C51H54N6O3/c1-4-23-54-24-19-41(20-25-54)52-32-37-9-17-47-40(29-37)30-49(57(47)51-35-60-51)39-10-7-36(8-11-39)33-55-26-21-42(22-27-55)53-43-14-18-48-45(31-43)46(34-56(48)50(58)6-3)38-12-15-44(16-13-38)59-28-5-2/h1,5-18,28-31,34,41-42,51-53H,3,19-27,32-33,35H2,2H3/b28-5+. The number of fused-ring (bicyclic) bond motifs is 2. The quantitative estimate of drug-likeness (QED) is 0.0492. The van der Waals surface area contributed by atoms with Crippen LogP contribution in [-0.4, -0.2) is 76.3 Å². The van der Waals surface area contributed by atoms with E-state index in [1.54, 1.807) is 10.8 Å². The van der Waals surface area contributed by atoms with E-state index in [9.17, 15) is 4.79 Å². The van der Waals surface area contributed by atoms with Gasteiger partial charge in [0.15, 0.2) is 6.23 Å². The molecule has 0 aliphatic carbocycles. The van der Waals surface area contributed by atoms with Crippen LogP contribution in [0, 0.1) is 12.3 Å². The van der Waals surface area contributed by atoms with Crippen molar-refractivity contribution in [3.05, 3.63) is 133 Å². The molecule has 5 heterocycles. The molecule has 1 atom stereocenters. The first-order chi connectivity index (χ1) is 29.5. The normalized spacial score (nSPS) is 18.0. The first-order valence-electron chi connectivity index (χ1n) is 21.4. The van der Waals surface area contributed by atoms with Crippen LogP contribution < -0.4 is 15.4 Å². The van der Waals surface area contributed by atoms with Crippen molar-refractivity contribution in [3.63, 3.8) is 0 Å². The number of carbonyl (C=O) groups excluding carboxylic acids is 1. The van der Waals surface area contributed by atoms with Crippen LogP contribution in [0.3, 0.4) is 0 Å². The van der Waals surface area contributed by atoms with Gasteiger partial charge in [0, 0.05) is 79.6 Å². The van der Waals surface area contributed by atoms with E-state index in [-0.39, 0.29) is 12.1 Å². The fraction of sp³-hybridized carbons (Fsp3) is 0.314. The molecule has 0 radical (unpaired) electrons. The van der Waals surface area contributed by atoms with Crippen molar-refractivity contribution in [2.75, 3.05) is 44.6 Å². The molecule has 4 aromatic carbocycles. The van der Waals surface area contributed by atoms with Crippen LogP contribution in [0.2, 0.25) is 0 Å². The lowest BCUT2D eigenvalue weighted by Gasteiger charge is -2.33. The molecule has 2 aromatic heterocycles. The molecule has 6 aromatic rings. The summed E-state index contributed by atoms with van der Waals surface area (Å²) in [6, 6.07) is 33.5. The van der Waals surface area contributed by atoms with Crippen molar-refractivity contribution in [1.29, 1.82) is 0 Å². The minimum Gasteiger partial charge on any atom is -0.465 e. The summed E-state index contributed by atoms with van der Waals surface area (Å²) in [4.78, 5) is 17.8. The largest absolute Gasteiger partial charge is 0.465 e. The number of nitrogens with one attached hydrogen (secondary N) is 2. The van der Waals surface area contributed by atoms with Gasteiger partial charge in [-0.2, -0.15) is 0 Å². The zero-order chi connectivity index (χ0) is 41.0. The van der Waals surface area contributed by atoms with E-state index < -0.39 is 0 Å². The van der Waals surface area contributed by atoms with Gasteiger partial charge < -0.3 is 24.7 Å². The highest BCUT2D eigenvalue weighted by molar-refractivity contribution is 6.05. The predicted octanol–water partition coefficient (Wildman–Crippen LogP) is 9.46. The van der Waals surface area contributed by atoms with Gasteiger partial charge in [-0.15, -0.1) is 6.42 Å². The minimum absolute atomic E-state index is 0.0943. The number of ether oxygens (including phenoxy) is 2. The number of allylic oxidation sites excluding steroid dienone is 2. The summed E-state index contributed by atoms with van der Waals surface area (Å²) in [7, 11) is 0. The van der Waals surface area contributed by atoms with Gasteiger partial charge in [0.1, 0.15) is 5.75 Å². The Labute approximate surface area is 353 Å². The summed E-state index contributed by atoms with van der Waals surface area (Å²) >= 11 is 0. The number of epoxide rings is 1. The molecule has 2 N–H and O–H groups in total. The number of likely N-dealkylation sites (tertiary alicyclic amines) is 2. The van der Waals surface area contributed by atoms with Gasteiger partial charge in [0.25, 0.3) is 5.91 Å². The third-order valence-electron chi connectivity index (χ3n) is 12.3. The highest BCUT2D eigenvalue weighted by atomic mass is 16.6. The first-order valence-corrected chi connectivity index (χ1v) is 21.4. The Morgan fingerprint density at radius 1 is 0.867 bits per heavy atom. The minimum atomic E-state index is -0.153. The number of hydrogen-bond acceptors (Lipinski definition) is 7. The second-order valence-electron chi connectivity index (χ2n) is 16.4. The summed E-state index contributed by atoms with van der Waals surface area (Å²) in [5, 5.41) is 9.89. The van der Waals surface area contributed by atoms with Crippen LogP contribution in [0.5, 0.6) is 5.75 Å². The zero-order valence-electron chi connectivity index (χ0n) is 34.5. The van der Waals surface area contributed by atoms with E-state index in [0.717, 1.165) is 112 Å². The molecule has 3 aliphatic heterocycles. The molecule has 0 amide bonds. The molecular weight excluding hydrogens is 745 g/mol. The third-order valence-corrected chi connectivity index (χ3v) is 12.3. The van der Waals surface area contributed by atoms with E-state index in [0.29, 0.717) is 12.1 Å². The number of anilines is 1. The summed E-state index contributed by atoms with van der Waals surface area (Å²) in [5.74, 6) is 3.39. The smallest absolute Gasteiger partial charge is 0.254 e. The maximum Gasteiger partial charge on any atom is 0.254 e. The summed E-state index contributed by atoms with van der Waals surface area (Å²) in [6.07, 6.45) is 16.8. The predicted molar refractivity (Wildman–Crippen MR) is 243 cm³/mol. The second kappa shape index (κ2) is 17.8. The lowest BCUT2D eigenvalue weighted by atomic mass is 10.0. The number of hydrogen-bond donors (Lipinski definition) is 2. The molecule has 9 rings (SSSR count). The van der Waals surface area contributed by atoms with Gasteiger partial charge in [0.05, 0.1) is 36.1 Å². The van der Waals surface area contributed by atoms with Crippen molar-refractivity contribution < 1.29 is 14.3 Å². The number of terminal acetylenes is 1. The van der Waals surface area contributed by atoms with Gasteiger partial charge in [-0.05, 0) is 109 Å². The molecule has 3 saturated heterocycles. The van der Waals surface area contributed by atoms with Gasteiger partial charge in [-0.3, -0.25) is 19.2 Å². The number of aromatic nitrogens is 2. The Morgan fingerprint density at radius 3 is 2.28 bits per heavy atom. The van der Waals surface area contributed by atoms with Crippen LogP contribution in [0.4, 0.5) is 5.69 Å². The van der Waals surface area contributed by atoms with Gasteiger partial charge >= 0.3 is 0 Å². The molecule has 3 aliphatic rings. The number of benzene rings is 4. The van der Waals surface area contributed by atoms with Gasteiger partial charge in [-0.25, -0.2) is 0 Å². The highest BCUT2D eigenvalue weighted by Crippen LogP contribution is 2.38.